The van der Waals surface area contributed by atoms with Crippen LogP contribution >= 0.6 is 0 Å². The zero-order valence-electron chi connectivity index (χ0n) is 16.8. The number of Topliss-reactive ketones (excluding diaryl/α,β-unsaturated/α-hetero) is 1. The number of anilines is 2. The lowest BCUT2D eigenvalue weighted by Gasteiger charge is -2.17. The van der Waals surface area contributed by atoms with Gasteiger partial charge in [0.05, 0.1) is 35.6 Å². The molecule has 0 saturated heterocycles. The van der Waals surface area contributed by atoms with Crippen molar-refractivity contribution < 1.29 is 22.7 Å². The molecule has 1 amide bonds. The number of fused-ring (bicyclic) bond motifs is 2. The number of aromatic amines is 1. The maximum absolute atomic E-state index is 12.4. The van der Waals surface area contributed by atoms with E-state index >= 15 is 0 Å². The number of rotatable bonds is 5. The standard InChI is InChI=1S/C20H20N4O5S/c1-10(25)20(2)13-8-15-16(9-14(13)23-19(20)26)22-18(21-15)12-6-5-11(7-17(12)29-3)24-30(4,27)28/h5-9,24H,1-4H3,(H,21,22)(H,23,26). The number of ether oxygens (including phenoxy) is 1. The minimum absolute atomic E-state index is 0.246. The molecule has 3 aromatic rings. The fourth-order valence-corrected chi connectivity index (χ4v) is 4.14. The minimum Gasteiger partial charge on any atom is -0.496 e. The number of aromatic nitrogens is 2. The third-order valence-electron chi connectivity index (χ3n) is 5.33. The number of carbonyl (C=O) groups is 2. The van der Waals surface area contributed by atoms with Crippen molar-refractivity contribution in [3.05, 3.63) is 35.9 Å². The second-order valence-corrected chi connectivity index (χ2v) is 9.17. The molecular formula is C20H20N4O5S. The Bertz CT molecular complexity index is 1330. The Morgan fingerprint density at radius 3 is 2.60 bits per heavy atom. The zero-order valence-corrected chi connectivity index (χ0v) is 17.6. The first kappa shape index (κ1) is 19.9. The minimum atomic E-state index is -3.42. The molecule has 10 heteroatoms. The smallest absolute Gasteiger partial charge is 0.242 e. The molecule has 2 aromatic carbocycles. The van der Waals surface area contributed by atoms with Crippen molar-refractivity contribution in [3.8, 4) is 17.1 Å². The van der Waals surface area contributed by atoms with Gasteiger partial charge >= 0.3 is 0 Å². The van der Waals surface area contributed by atoms with E-state index in [4.69, 9.17) is 4.74 Å². The normalized spacial score (nSPS) is 18.2. The summed E-state index contributed by atoms with van der Waals surface area (Å²) >= 11 is 0. The van der Waals surface area contributed by atoms with Crippen LogP contribution in [0.4, 0.5) is 11.4 Å². The lowest BCUT2D eigenvalue weighted by Crippen LogP contribution is -2.37. The first-order valence-electron chi connectivity index (χ1n) is 9.06. The van der Waals surface area contributed by atoms with E-state index in [-0.39, 0.29) is 11.7 Å². The Labute approximate surface area is 172 Å². The molecule has 0 spiro atoms. The largest absolute Gasteiger partial charge is 0.496 e. The van der Waals surface area contributed by atoms with Crippen LogP contribution < -0.4 is 14.8 Å². The molecular weight excluding hydrogens is 408 g/mol. The number of nitrogens with one attached hydrogen (secondary N) is 3. The first-order chi connectivity index (χ1) is 14.0. The van der Waals surface area contributed by atoms with Crippen LogP contribution in [0.3, 0.4) is 0 Å². The predicted molar refractivity (Wildman–Crippen MR) is 113 cm³/mol. The highest BCUT2D eigenvalue weighted by atomic mass is 32.2. The van der Waals surface area contributed by atoms with Crippen molar-refractivity contribution in [1.82, 2.24) is 9.97 Å². The molecule has 0 bridgehead atoms. The number of carbonyl (C=O) groups excluding carboxylic acids is 2. The lowest BCUT2D eigenvalue weighted by atomic mass is 9.80. The molecule has 9 nitrogen and oxygen atoms in total. The van der Waals surface area contributed by atoms with Crippen molar-refractivity contribution in [3.63, 3.8) is 0 Å². The maximum Gasteiger partial charge on any atom is 0.242 e. The Hall–Kier alpha value is -3.40. The van der Waals surface area contributed by atoms with Gasteiger partial charge < -0.3 is 15.0 Å². The number of ketones is 1. The molecule has 1 unspecified atom stereocenters. The summed E-state index contributed by atoms with van der Waals surface area (Å²) in [5, 5.41) is 2.76. The summed E-state index contributed by atoms with van der Waals surface area (Å²) in [6, 6.07) is 8.35. The van der Waals surface area contributed by atoms with Crippen molar-refractivity contribution >= 4 is 44.1 Å². The van der Waals surface area contributed by atoms with Gasteiger partial charge in [-0.2, -0.15) is 0 Å². The van der Waals surface area contributed by atoms with Gasteiger partial charge in [0.15, 0.2) is 0 Å². The number of hydrogen-bond acceptors (Lipinski definition) is 6. The summed E-state index contributed by atoms with van der Waals surface area (Å²) in [7, 11) is -1.94. The van der Waals surface area contributed by atoms with Crippen molar-refractivity contribution in [2.45, 2.75) is 19.3 Å². The van der Waals surface area contributed by atoms with Gasteiger partial charge in [-0.15, -0.1) is 0 Å². The van der Waals surface area contributed by atoms with Crippen LogP contribution in [0.1, 0.15) is 19.4 Å². The number of H-pyrrole nitrogens is 1. The summed E-state index contributed by atoms with van der Waals surface area (Å²) in [5.74, 6) is 0.336. The summed E-state index contributed by atoms with van der Waals surface area (Å²) in [5.41, 5.74) is 2.18. The molecule has 30 heavy (non-hydrogen) atoms. The van der Waals surface area contributed by atoms with Crippen LogP contribution in [0.2, 0.25) is 0 Å². The third kappa shape index (κ3) is 3.09. The molecule has 2 heterocycles. The average molecular weight is 428 g/mol. The molecule has 1 aromatic heterocycles. The number of imidazole rings is 1. The highest BCUT2D eigenvalue weighted by Crippen LogP contribution is 2.41. The highest BCUT2D eigenvalue weighted by Gasteiger charge is 2.47. The molecule has 0 radical (unpaired) electrons. The van der Waals surface area contributed by atoms with Crippen molar-refractivity contribution in [1.29, 1.82) is 0 Å². The van der Waals surface area contributed by atoms with Crippen LogP contribution in [-0.2, 0) is 25.0 Å². The summed E-state index contributed by atoms with van der Waals surface area (Å²) < 4.78 is 30.8. The molecule has 0 aliphatic carbocycles. The topological polar surface area (TPSA) is 130 Å². The Morgan fingerprint density at radius 2 is 1.97 bits per heavy atom. The van der Waals surface area contributed by atoms with Gasteiger partial charge in [-0.1, -0.05) is 0 Å². The van der Waals surface area contributed by atoms with E-state index in [2.05, 4.69) is 20.0 Å². The number of hydrogen-bond donors (Lipinski definition) is 3. The quantitative estimate of drug-likeness (QED) is 0.535. The van der Waals surface area contributed by atoms with E-state index in [0.29, 0.717) is 45.1 Å². The number of methoxy groups -OCH3 is 1. The van der Waals surface area contributed by atoms with Gasteiger partial charge in [0.2, 0.25) is 15.9 Å². The summed E-state index contributed by atoms with van der Waals surface area (Å²) in [6.45, 7) is 3.00. The van der Waals surface area contributed by atoms with Crippen LogP contribution in [-0.4, -0.2) is 43.4 Å². The van der Waals surface area contributed by atoms with Gasteiger partial charge in [0.25, 0.3) is 0 Å². The van der Waals surface area contributed by atoms with Gasteiger partial charge in [-0.3, -0.25) is 14.3 Å². The SMILES string of the molecule is COc1cc(NS(C)(=O)=O)ccc1-c1nc2cc3c(cc2[nH]1)NC(=O)C3(C)C(C)=O. The Kier molecular flexibility index (Phi) is 4.35. The highest BCUT2D eigenvalue weighted by molar-refractivity contribution is 7.92. The van der Waals surface area contributed by atoms with Crippen molar-refractivity contribution in [2.75, 3.05) is 23.4 Å². The fourth-order valence-electron chi connectivity index (χ4n) is 3.59. The number of amides is 1. The predicted octanol–water partition coefficient (Wildman–Crippen LogP) is 2.41. The van der Waals surface area contributed by atoms with E-state index in [9.17, 15) is 18.0 Å². The molecule has 1 aliphatic rings. The molecule has 3 N–H and O–H groups in total. The second-order valence-electron chi connectivity index (χ2n) is 7.42. The van der Waals surface area contributed by atoms with Gasteiger partial charge in [-0.25, -0.2) is 13.4 Å². The van der Waals surface area contributed by atoms with Gasteiger partial charge in [-0.05, 0) is 38.1 Å². The molecule has 0 saturated carbocycles. The molecule has 1 aliphatic heterocycles. The number of nitrogens with zero attached hydrogens (tertiary/aromatic N) is 1. The molecule has 156 valence electrons. The van der Waals surface area contributed by atoms with Crippen LogP contribution in [0.5, 0.6) is 5.75 Å². The number of benzene rings is 2. The average Bonchev–Trinajstić information content (AvgIpc) is 3.17. The monoisotopic (exact) mass is 428 g/mol. The van der Waals surface area contributed by atoms with E-state index in [1.807, 2.05) is 0 Å². The molecule has 1 atom stereocenters. The molecule has 0 fully saturated rings. The maximum atomic E-state index is 12.4. The Morgan fingerprint density at radius 1 is 1.23 bits per heavy atom. The Balaban J connectivity index is 1.81. The van der Waals surface area contributed by atoms with E-state index in [1.165, 1.54) is 14.0 Å². The van der Waals surface area contributed by atoms with Crippen LogP contribution in [0.15, 0.2) is 30.3 Å². The molecule has 4 rings (SSSR count). The third-order valence-corrected chi connectivity index (χ3v) is 5.93. The van der Waals surface area contributed by atoms with E-state index in [1.54, 1.807) is 37.3 Å². The van der Waals surface area contributed by atoms with E-state index < -0.39 is 15.4 Å². The summed E-state index contributed by atoms with van der Waals surface area (Å²) in [4.78, 5) is 32.3. The fraction of sp³-hybridized carbons (Fsp3) is 0.250. The van der Waals surface area contributed by atoms with Gasteiger partial charge in [0, 0.05) is 17.3 Å². The first-order valence-corrected chi connectivity index (χ1v) is 10.9. The van der Waals surface area contributed by atoms with E-state index in [0.717, 1.165) is 6.26 Å². The number of sulfonamides is 1. The summed E-state index contributed by atoms with van der Waals surface area (Å²) in [6.07, 6.45) is 1.07. The lowest BCUT2D eigenvalue weighted by molar-refractivity contribution is -0.130. The van der Waals surface area contributed by atoms with Gasteiger partial charge in [0.1, 0.15) is 22.8 Å². The van der Waals surface area contributed by atoms with Crippen molar-refractivity contribution in [2.24, 2.45) is 0 Å². The second kappa shape index (κ2) is 6.56. The zero-order chi connectivity index (χ0) is 21.8. The van der Waals surface area contributed by atoms with Crippen LogP contribution in [0.25, 0.3) is 22.4 Å². The van der Waals surface area contributed by atoms with Crippen LogP contribution in [0, 0.1) is 0 Å².